The van der Waals surface area contributed by atoms with Crippen LogP contribution >= 0.6 is 11.6 Å². The monoisotopic (exact) mass is 453 g/mol. The van der Waals surface area contributed by atoms with E-state index in [-0.39, 0.29) is 24.0 Å². The Hall–Kier alpha value is -2.12. The van der Waals surface area contributed by atoms with Crippen molar-refractivity contribution in [3.63, 3.8) is 0 Å². The van der Waals surface area contributed by atoms with Crippen LogP contribution in [-0.4, -0.2) is 42.9 Å². The molecule has 0 saturated carbocycles. The van der Waals surface area contributed by atoms with Gasteiger partial charge in [-0.05, 0) is 68.1 Å². The first kappa shape index (κ1) is 22.6. The van der Waals surface area contributed by atoms with Crippen molar-refractivity contribution >= 4 is 27.3 Å². The van der Waals surface area contributed by atoms with Crippen molar-refractivity contribution in [3.05, 3.63) is 63.9 Å². The fourth-order valence-electron chi connectivity index (χ4n) is 3.70. The third-order valence-corrected chi connectivity index (χ3v) is 7.59. The average molecular weight is 454 g/mol. The molecule has 1 saturated heterocycles. The van der Waals surface area contributed by atoms with E-state index < -0.39 is 27.8 Å². The molecule has 8 heteroatoms. The average Bonchev–Trinajstić information content (AvgIpc) is 3.03. The number of benzene rings is 2. The van der Waals surface area contributed by atoms with Crippen LogP contribution in [0, 0.1) is 19.7 Å². The number of amides is 1. The summed E-state index contributed by atoms with van der Waals surface area (Å²) < 4.78 is 43.5. The van der Waals surface area contributed by atoms with E-state index in [4.69, 9.17) is 16.3 Å². The van der Waals surface area contributed by atoms with Gasteiger partial charge in [0.15, 0.2) is 15.9 Å². The molecule has 0 bridgehead atoms. The molecule has 0 radical (unpaired) electrons. The first-order valence-electron chi connectivity index (χ1n) is 9.74. The van der Waals surface area contributed by atoms with Gasteiger partial charge in [0.1, 0.15) is 11.6 Å². The summed E-state index contributed by atoms with van der Waals surface area (Å²) in [6.07, 6.45) is -0.489. The third-order valence-electron chi connectivity index (χ3n) is 5.24. The zero-order valence-corrected chi connectivity index (χ0v) is 18.8. The number of hydrogen-bond donors (Lipinski definition) is 0. The molecule has 1 heterocycles. The summed E-state index contributed by atoms with van der Waals surface area (Å²) in [4.78, 5) is 14.8. The maximum Gasteiger partial charge on any atom is 0.263 e. The van der Waals surface area contributed by atoms with Crippen LogP contribution in [0.15, 0.2) is 36.4 Å². The first-order chi connectivity index (χ1) is 14.1. The Morgan fingerprint density at radius 3 is 2.50 bits per heavy atom. The van der Waals surface area contributed by atoms with Crippen molar-refractivity contribution in [2.45, 2.75) is 45.9 Å². The summed E-state index contributed by atoms with van der Waals surface area (Å²) in [6, 6.07) is 9.01. The minimum Gasteiger partial charge on any atom is -0.481 e. The van der Waals surface area contributed by atoms with Crippen LogP contribution < -0.4 is 4.74 Å². The van der Waals surface area contributed by atoms with Crippen LogP contribution in [0.5, 0.6) is 5.75 Å². The molecule has 162 valence electrons. The normalized spacial score (nSPS) is 18.8. The zero-order chi connectivity index (χ0) is 22.1. The van der Waals surface area contributed by atoms with E-state index in [0.29, 0.717) is 22.8 Å². The number of halogens is 2. The number of hydrogen-bond acceptors (Lipinski definition) is 4. The van der Waals surface area contributed by atoms with Crippen LogP contribution in [0.3, 0.4) is 0 Å². The van der Waals surface area contributed by atoms with Crippen LogP contribution in [0.1, 0.15) is 30.0 Å². The highest BCUT2D eigenvalue weighted by atomic mass is 35.5. The Morgan fingerprint density at radius 1 is 1.27 bits per heavy atom. The van der Waals surface area contributed by atoms with Crippen LogP contribution in [-0.2, 0) is 21.2 Å². The molecule has 1 aliphatic rings. The Labute approximate surface area is 181 Å². The van der Waals surface area contributed by atoms with E-state index in [0.717, 1.165) is 11.1 Å². The Morgan fingerprint density at radius 2 is 1.93 bits per heavy atom. The molecule has 0 aromatic heterocycles. The molecule has 3 rings (SSSR count). The standard InChI is InChI=1S/C22H25ClFNO4S/c1-14-9-20(10-15(2)21(14)23)29-16(3)22(26)25(19-7-8-30(27,28)13-19)12-17-5-4-6-18(24)11-17/h4-6,9-11,16,19H,7-8,12-13H2,1-3H3. The van der Waals surface area contributed by atoms with Crippen molar-refractivity contribution in [2.75, 3.05) is 11.5 Å². The van der Waals surface area contributed by atoms with Crippen molar-refractivity contribution in [3.8, 4) is 5.75 Å². The number of ether oxygens (including phenoxy) is 1. The smallest absolute Gasteiger partial charge is 0.263 e. The van der Waals surface area contributed by atoms with Gasteiger partial charge >= 0.3 is 0 Å². The molecule has 2 atom stereocenters. The summed E-state index contributed by atoms with van der Waals surface area (Å²) in [6.45, 7) is 5.45. The topological polar surface area (TPSA) is 63.7 Å². The Balaban J connectivity index is 1.83. The van der Waals surface area contributed by atoms with E-state index in [1.54, 1.807) is 31.2 Å². The van der Waals surface area contributed by atoms with Crippen LogP contribution in [0.2, 0.25) is 5.02 Å². The van der Waals surface area contributed by atoms with Crippen LogP contribution in [0.25, 0.3) is 0 Å². The molecular weight excluding hydrogens is 429 g/mol. The molecule has 1 aliphatic heterocycles. The fraction of sp³-hybridized carbons (Fsp3) is 0.409. The summed E-state index contributed by atoms with van der Waals surface area (Å²) in [7, 11) is -3.20. The minimum absolute atomic E-state index is 0.0371. The van der Waals surface area contributed by atoms with Gasteiger partial charge in [0.25, 0.3) is 5.91 Å². The summed E-state index contributed by atoms with van der Waals surface area (Å²) in [5.74, 6) is -0.294. The Kier molecular flexibility index (Phi) is 6.72. The zero-order valence-electron chi connectivity index (χ0n) is 17.2. The van der Waals surface area contributed by atoms with Gasteiger partial charge in [-0.1, -0.05) is 23.7 Å². The largest absolute Gasteiger partial charge is 0.481 e. The van der Waals surface area contributed by atoms with E-state index in [1.165, 1.54) is 17.0 Å². The van der Waals surface area contributed by atoms with Crippen molar-refractivity contribution < 1.29 is 22.3 Å². The maximum atomic E-state index is 13.6. The third kappa shape index (κ3) is 5.32. The molecule has 0 aliphatic carbocycles. The lowest BCUT2D eigenvalue weighted by molar-refractivity contribution is -0.140. The highest BCUT2D eigenvalue weighted by Crippen LogP contribution is 2.27. The van der Waals surface area contributed by atoms with Crippen molar-refractivity contribution in [1.29, 1.82) is 0 Å². The first-order valence-corrected chi connectivity index (χ1v) is 11.9. The molecule has 1 amide bonds. The highest BCUT2D eigenvalue weighted by molar-refractivity contribution is 7.91. The second kappa shape index (κ2) is 8.94. The number of rotatable bonds is 6. The number of nitrogens with zero attached hydrogens (tertiary/aromatic N) is 1. The van der Waals surface area contributed by atoms with Gasteiger partial charge in [-0.15, -0.1) is 0 Å². The van der Waals surface area contributed by atoms with Gasteiger partial charge in [0, 0.05) is 17.6 Å². The molecule has 30 heavy (non-hydrogen) atoms. The molecular formula is C22H25ClFNO4S. The summed E-state index contributed by atoms with van der Waals surface area (Å²) in [5, 5.41) is 0.644. The molecule has 2 aromatic rings. The molecule has 0 spiro atoms. The molecule has 2 unspecified atom stereocenters. The minimum atomic E-state index is -3.20. The van der Waals surface area contributed by atoms with Crippen molar-refractivity contribution in [1.82, 2.24) is 4.90 Å². The number of sulfone groups is 1. The van der Waals surface area contributed by atoms with Gasteiger partial charge in [0.2, 0.25) is 0 Å². The Bertz CT molecular complexity index is 1030. The van der Waals surface area contributed by atoms with Gasteiger partial charge in [0.05, 0.1) is 11.5 Å². The van der Waals surface area contributed by atoms with E-state index in [1.807, 2.05) is 13.8 Å². The lowest BCUT2D eigenvalue weighted by Gasteiger charge is -2.31. The summed E-state index contributed by atoms with van der Waals surface area (Å²) in [5.41, 5.74) is 2.27. The second-order valence-corrected chi connectivity index (χ2v) is 10.4. The van der Waals surface area contributed by atoms with Crippen LogP contribution in [0.4, 0.5) is 4.39 Å². The number of aryl methyl sites for hydroxylation is 2. The fourth-order valence-corrected chi connectivity index (χ4v) is 5.54. The predicted molar refractivity (Wildman–Crippen MR) is 115 cm³/mol. The summed E-state index contributed by atoms with van der Waals surface area (Å²) >= 11 is 6.20. The maximum absolute atomic E-state index is 13.6. The van der Waals surface area contributed by atoms with E-state index in [9.17, 15) is 17.6 Å². The number of carbonyl (C=O) groups is 1. The predicted octanol–water partition coefficient (Wildman–Crippen LogP) is 4.08. The highest BCUT2D eigenvalue weighted by Gasteiger charge is 2.36. The molecule has 1 fully saturated rings. The quantitative estimate of drug-likeness (QED) is 0.661. The van der Waals surface area contributed by atoms with Gasteiger partial charge in [-0.2, -0.15) is 0 Å². The van der Waals surface area contributed by atoms with Gasteiger partial charge in [-0.25, -0.2) is 12.8 Å². The molecule has 2 aromatic carbocycles. The van der Waals surface area contributed by atoms with E-state index in [2.05, 4.69) is 0 Å². The SMILES string of the molecule is Cc1cc(OC(C)C(=O)N(Cc2cccc(F)c2)C2CCS(=O)(=O)C2)cc(C)c1Cl. The molecule has 0 N–H and O–H groups in total. The van der Waals surface area contributed by atoms with E-state index >= 15 is 0 Å². The lowest BCUT2D eigenvalue weighted by atomic mass is 10.1. The van der Waals surface area contributed by atoms with Gasteiger partial charge in [-0.3, -0.25) is 4.79 Å². The second-order valence-electron chi connectivity index (χ2n) is 7.78. The number of carbonyl (C=O) groups excluding carboxylic acids is 1. The lowest BCUT2D eigenvalue weighted by Crippen LogP contribution is -2.46. The molecule has 5 nitrogen and oxygen atoms in total. The van der Waals surface area contributed by atoms with Gasteiger partial charge < -0.3 is 9.64 Å². The van der Waals surface area contributed by atoms with Crippen molar-refractivity contribution in [2.24, 2.45) is 0 Å².